The molecule has 4 nitrogen and oxygen atoms in total. The Morgan fingerprint density at radius 3 is 2.04 bits per heavy atom. The van der Waals surface area contributed by atoms with E-state index in [2.05, 4.69) is 15.9 Å². The molecule has 2 aromatic carbocycles. The number of nitrogens with zero attached hydrogens (tertiary/aromatic N) is 2. The molecule has 0 aliphatic carbocycles. The molecule has 0 unspecified atom stereocenters. The van der Waals surface area contributed by atoms with Crippen molar-refractivity contribution >= 4 is 0 Å². The second kappa shape index (κ2) is 8.52. The average molecular weight is 358 g/mol. The number of piperazine rings is 1. The van der Waals surface area contributed by atoms with Gasteiger partial charge in [0.05, 0.1) is 14.2 Å². The van der Waals surface area contributed by atoms with Crippen LogP contribution < -0.4 is 9.47 Å². The van der Waals surface area contributed by atoms with E-state index in [1.165, 1.54) is 17.7 Å². The second-order valence-electron chi connectivity index (χ2n) is 6.76. The van der Waals surface area contributed by atoms with Crippen LogP contribution in [-0.4, -0.2) is 50.2 Å². The Bertz CT molecular complexity index is 726. The Hall–Kier alpha value is -2.11. The van der Waals surface area contributed by atoms with Gasteiger partial charge in [-0.2, -0.15) is 0 Å². The van der Waals surface area contributed by atoms with Crippen LogP contribution >= 0.6 is 0 Å². The first-order chi connectivity index (χ1) is 12.6. The van der Waals surface area contributed by atoms with Crippen LogP contribution in [0.2, 0.25) is 0 Å². The van der Waals surface area contributed by atoms with Crippen LogP contribution in [0.15, 0.2) is 36.4 Å². The van der Waals surface area contributed by atoms with Crippen molar-refractivity contribution in [2.24, 2.45) is 0 Å². The molecular weight excluding hydrogens is 331 g/mol. The van der Waals surface area contributed by atoms with Crippen LogP contribution in [0, 0.1) is 12.7 Å². The summed E-state index contributed by atoms with van der Waals surface area (Å²) < 4.78 is 24.0. The SMILES string of the molecule is COc1ccc(CN2CCN(Cc3ccc(F)cc3)CC2)c(OC)c1C. The number of rotatable bonds is 6. The molecule has 1 aliphatic heterocycles. The molecule has 26 heavy (non-hydrogen) atoms. The molecule has 3 rings (SSSR count). The minimum atomic E-state index is -0.178. The standard InChI is InChI=1S/C21H27FN2O2/c1-16-20(25-2)9-6-18(21(16)26-3)15-24-12-10-23(11-13-24)14-17-4-7-19(22)8-5-17/h4-9H,10-15H2,1-3H3. The van der Waals surface area contributed by atoms with E-state index in [0.717, 1.165) is 61.9 Å². The molecule has 0 saturated carbocycles. The fourth-order valence-corrected chi connectivity index (χ4v) is 3.55. The summed E-state index contributed by atoms with van der Waals surface area (Å²) in [6.07, 6.45) is 0. The van der Waals surface area contributed by atoms with Gasteiger partial charge in [0.15, 0.2) is 0 Å². The molecule has 0 amide bonds. The molecule has 0 radical (unpaired) electrons. The van der Waals surface area contributed by atoms with E-state index in [1.807, 2.05) is 25.1 Å². The Kier molecular flexibility index (Phi) is 6.12. The van der Waals surface area contributed by atoms with Gasteiger partial charge in [0, 0.05) is 50.4 Å². The van der Waals surface area contributed by atoms with E-state index in [1.54, 1.807) is 14.2 Å². The normalized spacial score (nSPS) is 15.8. The van der Waals surface area contributed by atoms with Crippen LogP contribution in [0.5, 0.6) is 11.5 Å². The number of methoxy groups -OCH3 is 2. The molecule has 1 heterocycles. The van der Waals surface area contributed by atoms with E-state index in [9.17, 15) is 4.39 Å². The van der Waals surface area contributed by atoms with Crippen LogP contribution in [0.1, 0.15) is 16.7 Å². The second-order valence-corrected chi connectivity index (χ2v) is 6.76. The molecule has 0 atom stereocenters. The van der Waals surface area contributed by atoms with E-state index in [0.29, 0.717) is 0 Å². The highest BCUT2D eigenvalue weighted by molar-refractivity contribution is 5.49. The third kappa shape index (κ3) is 4.34. The summed E-state index contributed by atoms with van der Waals surface area (Å²) in [6.45, 7) is 7.81. The Morgan fingerprint density at radius 2 is 1.46 bits per heavy atom. The maximum Gasteiger partial charge on any atom is 0.129 e. The van der Waals surface area contributed by atoms with Gasteiger partial charge in [0.25, 0.3) is 0 Å². The average Bonchev–Trinajstić information content (AvgIpc) is 2.65. The Morgan fingerprint density at radius 1 is 0.846 bits per heavy atom. The Labute approximate surface area is 155 Å². The maximum atomic E-state index is 13.0. The summed E-state index contributed by atoms with van der Waals surface area (Å²) in [6, 6.07) is 10.9. The van der Waals surface area contributed by atoms with Crippen LogP contribution in [0.4, 0.5) is 4.39 Å². The van der Waals surface area contributed by atoms with Gasteiger partial charge in [-0.25, -0.2) is 4.39 Å². The predicted molar refractivity (Wildman–Crippen MR) is 101 cm³/mol. The molecule has 1 aliphatic rings. The van der Waals surface area contributed by atoms with Crippen molar-refractivity contribution in [3.8, 4) is 11.5 Å². The van der Waals surface area contributed by atoms with Crippen molar-refractivity contribution < 1.29 is 13.9 Å². The van der Waals surface area contributed by atoms with Crippen LogP contribution in [0.3, 0.4) is 0 Å². The van der Waals surface area contributed by atoms with Crippen molar-refractivity contribution in [3.05, 3.63) is 58.9 Å². The fourth-order valence-electron chi connectivity index (χ4n) is 3.55. The lowest BCUT2D eigenvalue weighted by Gasteiger charge is -2.35. The smallest absolute Gasteiger partial charge is 0.129 e. The number of hydrogen-bond donors (Lipinski definition) is 0. The maximum absolute atomic E-state index is 13.0. The highest BCUT2D eigenvalue weighted by Crippen LogP contribution is 2.32. The summed E-state index contributed by atoms with van der Waals surface area (Å²) in [7, 11) is 3.40. The van der Waals surface area contributed by atoms with Gasteiger partial charge in [0.1, 0.15) is 17.3 Å². The number of benzene rings is 2. The summed E-state index contributed by atoms with van der Waals surface area (Å²) in [5.74, 6) is 1.59. The lowest BCUT2D eigenvalue weighted by Crippen LogP contribution is -2.45. The predicted octanol–water partition coefficient (Wildman–Crippen LogP) is 3.47. The van der Waals surface area contributed by atoms with Crippen molar-refractivity contribution in [2.75, 3.05) is 40.4 Å². The van der Waals surface area contributed by atoms with E-state index in [-0.39, 0.29) is 5.82 Å². The molecule has 0 N–H and O–H groups in total. The molecule has 1 fully saturated rings. The zero-order valence-corrected chi connectivity index (χ0v) is 15.8. The highest BCUT2D eigenvalue weighted by atomic mass is 19.1. The van der Waals surface area contributed by atoms with Gasteiger partial charge in [-0.15, -0.1) is 0 Å². The minimum Gasteiger partial charge on any atom is -0.496 e. The summed E-state index contributed by atoms with van der Waals surface area (Å²) in [4.78, 5) is 4.87. The Balaban J connectivity index is 1.57. The molecule has 5 heteroatoms. The van der Waals surface area contributed by atoms with Gasteiger partial charge in [-0.05, 0) is 30.7 Å². The zero-order chi connectivity index (χ0) is 18.5. The summed E-state index contributed by atoms with van der Waals surface area (Å²) in [5, 5.41) is 0. The molecule has 0 bridgehead atoms. The van der Waals surface area contributed by atoms with E-state index in [4.69, 9.17) is 9.47 Å². The van der Waals surface area contributed by atoms with E-state index >= 15 is 0 Å². The highest BCUT2D eigenvalue weighted by Gasteiger charge is 2.19. The first kappa shape index (κ1) is 18.7. The topological polar surface area (TPSA) is 24.9 Å². The minimum absolute atomic E-state index is 0.178. The lowest BCUT2D eigenvalue weighted by molar-refractivity contribution is 0.121. The largest absolute Gasteiger partial charge is 0.496 e. The lowest BCUT2D eigenvalue weighted by atomic mass is 10.1. The summed E-state index contributed by atoms with van der Waals surface area (Å²) >= 11 is 0. The third-order valence-corrected chi connectivity index (χ3v) is 5.04. The first-order valence-electron chi connectivity index (χ1n) is 9.00. The molecule has 0 spiro atoms. The fraction of sp³-hybridized carbons (Fsp3) is 0.429. The van der Waals surface area contributed by atoms with Crippen LogP contribution in [0.25, 0.3) is 0 Å². The summed E-state index contributed by atoms with van der Waals surface area (Å²) in [5.41, 5.74) is 3.40. The molecule has 2 aromatic rings. The molecular formula is C21H27FN2O2. The first-order valence-corrected chi connectivity index (χ1v) is 9.00. The zero-order valence-electron chi connectivity index (χ0n) is 15.8. The quantitative estimate of drug-likeness (QED) is 0.789. The van der Waals surface area contributed by atoms with Crippen molar-refractivity contribution in [3.63, 3.8) is 0 Å². The third-order valence-electron chi connectivity index (χ3n) is 5.04. The van der Waals surface area contributed by atoms with Gasteiger partial charge in [-0.1, -0.05) is 18.2 Å². The number of hydrogen-bond acceptors (Lipinski definition) is 4. The number of halogens is 1. The van der Waals surface area contributed by atoms with Crippen LogP contribution in [-0.2, 0) is 13.1 Å². The molecule has 140 valence electrons. The van der Waals surface area contributed by atoms with E-state index < -0.39 is 0 Å². The van der Waals surface area contributed by atoms with Gasteiger partial charge < -0.3 is 9.47 Å². The van der Waals surface area contributed by atoms with Crippen molar-refractivity contribution in [1.29, 1.82) is 0 Å². The monoisotopic (exact) mass is 358 g/mol. The van der Waals surface area contributed by atoms with Gasteiger partial charge in [-0.3, -0.25) is 9.80 Å². The van der Waals surface area contributed by atoms with Crippen molar-refractivity contribution in [2.45, 2.75) is 20.0 Å². The number of ether oxygens (including phenoxy) is 2. The molecule has 0 aromatic heterocycles. The van der Waals surface area contributed by atoms with Gasteiger partial charge >= 0.3 is 0 Å². The van der Waals surface area contributed by atoms with Gasteiger partial charge in [0.2, 0.25) is 0 Å². The molecule has 1 saturated heterocycles. The van der Waals surface area contributed by atoms with Crippen molar-refractivity contribution in [1.82, 2.24) is 9.80 Å².